The highest BCUT2D eigenvalue weighted by Gasteiger charge is 2.05. The number of rotatable bonds is 5. The molecule has 2 heteroatoms. The Hall–Kier alpha value is -2.09. The monoisotopic (exact) mass is 267 g/mol. The first kappa shape index (κ1) is 14.3. The predicted octanol–water partition coefficient (Wildman–Crippen LogP) is 3.20. The van der Waals surface area contributed by atoms with Crippen molar-refractivity contribution in [3.05, 3.63) is 70.8 Å². The lowest BCUT2D eigenvalue weighted by molar-refractivity contribution is -0.120. The van der Waals surface area contributed by atoms with E-state index in [9.17, 15) is 4.79 Å². The van der Waals surface area contributed by atoms with E-state index in [0.29, 0.717) is 13.0 Å². The van der Waals surface area contributed by atoms with Gasteiger partial charge in [0.05, 0.1) is 6.42 Å². The molecule has 1 N–H and O–H groups in total. The summed E-state index contributed by atoms with van der Waals surface area (Å²) in [6.45, 7) is 4.81. The Kier molecular flexibility index (Phi) is 4.94. The van der Waals surface area contributed by atoms with Gasteiger partial charge in [0, 0.05) is 6.54 Å². The van der Waals surface area contributed by atoms with E-state index in [1.807, 2.05) is 24.3 Å². The third-order valence-electron chi connectivity index (χ3n) is 3.43. The molecule has 0 aliphatic carbocycles. The standard InChI is InChI=1S/C18H21NO/c1-14-8-9-17(15(2)12-14)13-18(20)19-11-10-16-6-4-3-5-7-16/h3-9,12H,10-11,13H2,1-2H3,(H,19,20). The molecule has 2 nitrogen and oxygen atoms in total. The topological polar surface area (TPSA) is 29.1 Å². The summed E-state index contributed by atoms with van der Waals surface area (Å²) >= 11 is 0. The van der Waals surface area contributed by atoms with Crippen LogP contribution in [0.2, 0.25) is 0 Å². The number of carbonyl (C=O) groups is 1. The Morgan fingerprint density at radius 1 is 1.05 bits per heavy atom. The molecule has 1 amide bonds. The number of benzene rings is 2. The van der Waals surface area contributed by atoms with Gasteiger partial charge in [-0.2, -0.15) is 0 Å². The van der Waals surface area contributed by atoms with E-state index in [1.54, 1.807) is 0 Å². The Balaban J connectivity index is 1.81. The molecule has 0 heterocycles. The van der Waals surface area contributed by atoms with Crippen LogP contribution in [0.1, 0.15) is 22.3 Å². The van der Waals surface area contributed by atoms with Crippen molar-refractivity contribution < 1.29 is 4.79 Å². The molecule has 2 aromatic carbocycles. The molecular weight excluding hydrogens is 246 g/mol. The molecule has 0 aliphatic rings. The molecule has 20 heavy (non-hydrogen) atoms. The van der Waals surface area contributed by atoms with Gasteiger partial charge in [-0.1, -0.05) is 54.1 Å². The summed E-state index contributed by atoms with van der Waals surface area (Å²) in [5, 5.41) is 2.98. The minimum atomic E-state index is 0.0906. The third-order valence-corrected chi connectivity index (χ3v) is 3.43. The molecule has 0 unspecified atom stereocenters. The quantitative estimate of drug-likeness (QED) is 0.885. The smallest absolute Gasteiger partial charge is 0.224 e. The van der Waals surface area contributed by atoms with E-state index in [0.717, 1.165) is 12.0 Å². The maximum atomic E-state index is 11.9. The molecule has 0 bridgehead atoms. The fraction of sp³-hybridized carbons (Fsp3) is 0.278. The van der Waals surface area contributed by atoms with Crippen molar-refractivity contribution in [2.24, 2.45) is 0 Å². The minimum absolute atomic E-state index is 0.0906. The number of amides is 1. The van der Waals surface area contributed by atoms with Crippen LogP contribution in [0.15, 0.2) is 48.5 Å². The molecule has 0 aliphatic heterocycles. The van der Waals surface area contributed by atoms with E-state index in [4.69, 9.17) is 0 Å². The largest absolute Gasteiger partial charge is 0.355 e. The summed E-state index contributed by atoms with van der Waals surface area (Å²) in [6, 6.07) is 16.4. The predicted molar refractivity (Wildman–Crippen MR) is 82.8 cm³/mol. The molecule has 0 radical (unpaired) electrons. The van der Waals surface area contributed by atoms with Gasteiger partial charge in [-0.15, -0.1) is 0 Å². The van der Waals surface area contributed by atoms with Crippen LogP contribution >= 0.6 is 0 Å². The first-order chi connectivity index (χ1) is 9.65. The molecule has 0 fully saturated rings. The summed E-state index contributed by atoms with van der Waals surface area (Å²) in [5.74, 6) is 0.0906. The molecule has 104 valence electrons. The van der Waals surface area contributed by atoms with Crippen LogP contribution in [0.4, 0.5) is 0 Å². The van der Waals surface area contributed by atoms with Gasteiger partial charge in [0.1, 0.15) is 0 Å². The van der Waals surface area contributed by atoms with Gasteiger partial charge in [-0.05, 0) is 37.0 Å². The molecular formula is C18H21NO. The lowest BCUT2D eigenvalue weighted by Gasteiger charge is -2.08. The molecule has 2 rings (SSSR count). The number of hydrogen-bond donors (Lipinski definition) is 1. The van der Waals surface area contributed by atoms with Gasteiger partial charge in [0.2, 0.25) is 5.91 Å². The van der Waals surface area contributed by atoms with E-state index < -0.39 is 0 Å². The van der Waals surface area contributed by atoms with Crippen molar-refractivity contribution in [1.29, 1.82) is 0 Å². The van der Waals surface area contributed by atoms with Gasteiger partial charge >= 0.3 is 0 Å². The van der Waals surface area contributed by atoms with Gasteiger partial charge in [-0.25, -0.2) is 0 Å². The van der Waals surface area contributed by atoms with Crippen molar-refractivity contribution in [2.45, 2.75) is 26.7 Å². The zero-order valence-corrected chi connectivity index (χ0v) is 12.1. The molecule has 0 aromatic heterocycles. The van der Waals surface area contributed by atoms with Crippen molar-refractivity contribution >= 4 is 5.91 Å². The average Bonchev–Trinajstić information content (AvgIpc) is 2.43. The first-order valence-corrected chi connectivity index (χ1v) is 7.02. The first-order valence-electron chi connectivity index (χ1n) is 7.02. The SMILES string of the molecule is Cc1ccc(CC(=O)NCCc2ccccc2)c(C)c1. The Morgan fingerprint density at radius 2 is 1.80 bits per heavy atom. The zero-order chi connectivity index (χ0) is 14.4. The summed E-state index contributed by atoms with van der Waals surface area (Å²) in [4.78, 5) is 11.9. The number of carbonyl (C=O) groups excluding carboxylic acids is 1. The highest BCUT2D eigenvalue weighted by Crippen LogP contribution is 2.11. The summed E-state index contributed by atoms with van der Waals surface area (Å²) in [5.41, 5.74) is 4.77. The summed E-state index contributed by atoms with van der Waals surface area (Å²) in [7, 11) is 0. The molecule has 0 atom stereocenters. The molecule has 0 saturated heterocycles. The van der Waals surface area contributed by atoms with Gasteiger partial charge in [0.15, 0.2) is 0 Å². The molecule has 0 saturated carbocycles. The van der Waals surface area contributed by atoms with E-state index in [-0.39, 0.29) is 5.91 Å². The summed E-state index contributed by atoms with van der Waals surface area (Å²) in [6.07, 6.45) is 1.33. The second-order valence-electron chi connectivity index (χ2n) is 5.19. The molecule has 0 spiro atoms. The highest BCUT2D eigenvalue weighted by molar-refractivity contribution is 5.78. The minimum Gasteiger partial charge on any atom is -0.355 e. The lowest BCUT2D eigenvalue weighted by atomic mass is 10.0. The van der Waals surface area contributed by atoms with Gasteiger partial charge < -0.3 is 5.32 Å². The fourth-order valence-electron chi connectivity index (χ4n) is 2.27. The zero-order valence-electron chi connectivity index (χ0n) is 12.1. The number of nitrogens with one attached hydrogen (secondary N) is 1. The van der Waals surface area contributed by atoms with Crippen LogP contribution < -0.4 is 5.32 Å². The van der Waals surface area contributed by atoms with Crippen molar-refractivity contribution in [1.82, 2.24) is 5.32 Å². The number of hydrogen-bond acceptors (Lipinski definition) is 1. The van der Waals surface area contributed by atoms with Crippen molar-refractivity contribution in [3.8, 4) is 0 Å². The third kappa shape index (κ3) is 4.23. The van der Waals surface area contributed by atoms with Crippen LogP contribution in [0.25, 0.3) is 0 Å². The molecule has 2 aromatic rings. The van der Waals surface area contributed by atoms with Crippen LogP contribution in [0.5, 0.6) is 0 Å². The summed E-state index contributed by atoms with van der Waals surface area (Å²) < 4.78 is 0. The second-order valence-corrected chi connectivity index (χ2v) is 5.19. The van der Waals surface area contributed by atoms with Crippen LogP contribution in [0, 0.1) is 13.8 Å². The van der Waals surface area contributed by atoms with E-state index >= 15 is 0 Å². The maximum absolute atomic E-state index is 11.9. The lowest BCUT2D eigenvalue weighted by Crippen LogP contribution is -2.27. The number of aryl methyl sites for hydroxylation is 2. The Bertz CT molecular complexity index is 575. The van der Waals surface area contributed by atoms with Crippen LogP contribution in [-0.4, -0.2) is 12.5 Å². The van der Waals surface area contributed by atoms with Crippen molar-refractivity contribution in [3.63, 3.8) is 0 Å². The van der Waals surface area contributed by atoms with Gasteiger partial charge in [0.25, 0.3) is 0 Å². The second kappa shape index (κ2) is 6.90. The van der Waals surface area contributed by atoms with Crippen molar-refractivity contribution in [2.75, 3.05) is 6.54 Å². The van der Waals surface area contributed by atoms with Gasteiger partial charge in [-0.3, -0.25) is 4.79 Å². The van der Waals surface area contributed by atoms with E-state index in [2.05, 4.69) is 43.4 Å². The highest BCUT2D eigenvalue weighted by atomic mass is 16.1. The van der Waals surface area contributed by atoms with Crippen LogP contribution in [-0.2, 0) is 17.6 Å². The maximum Gasteiger partial charge on any atom is 0.224 e. The Labute approximate surface area is 120 Å². The van der Waals surface area contributed by atoms with E-state index in [1.165, 1.54) is 16.7 Å². The van der Waals surface area contributed by atoms with Crippen LogP contribution in [0.3, 0.4) is 0 Å². The fourth-order valence-corrected chi connectivity index (χ4v) is 2.27. The Morgan fingerprint density at radius 3 is 2.50 bits per heavy atom. The normalized spacial score (nSPS) is 10.3. The average molecular weight is 267 g/mol.